The first kappa shape index (κ1) is 13.1. The minimum absolute atomic E-state index is 0.0867. The predicted molar refractivity (Wildman–Crippen MR) is 60.8 cm³/mol. The van der Waals surface area contributed by atoms with Crippen LogP contribution in [0.15, 0.2) is 4.52 Å². The zero-order valence-electron chi connectivity index (χ0n) is 10.3. The molecule has 5 heteroatoms. The van der Waals surface area contributed by atoms with E-state index in [0.29, 0.717) is 11.7 Å². The Labute approximate surface area is 96.4 Å². The van der Waals surface area contributed by atoms with Gasteiger partial charge in [0.25, 0.3) is 0 Å². The monoisotopic (exact) mass is 227 g/mol. The summed E-state index contributed by atoms with van der Waals surface area (Å²) in [7, 11) is 1.66. The number of hydrogen-bond donors (Lipinski definition) is 1. The average molecular weight is 227 g/mol. The van der Waals surface area contributed by atoms with Crippen molar-refractivity contribution in [3.05, 3.63) is 11.7 Å². The van der Waals surface area contributed by atoms with Gasteiger partial charge in [-0.1, -0.05) is 31.8 Å². The van der Waals surface area contributed by atoms with Crippen LogP contribution in [0.5, 0.6) is 0 Å². The van der Waals surface area contributed by atoms with Crippen LogP contribution < -0.4 is 5.73 Å². The van der Waals surface area contributed by atoms with E-state index in [9.17, 15) is 0 Å². The summed E-state index contributed by atoms with van der Waals surface area (Å²) in [6, 6.07) is -0.162. The number of nitrogens with two attached hydrogens (primary N) is 1. The SMILES string of the molecule is CCCC(N)c1nc(C(CCC)OC)no1. The number of hydrogen-bond acceptors (Lipinski definition) is 5. The second-order valence-electron chi connectivity index (χ2n) is 3.90. The van der Waals surface area contributed by atoms with Crippen LogP contribution in [0.3, 0.4) is 0 Å². The predicted octanol–water partition coefficient (Wildman–Crippen LogP) is 2.36. The molecule has 0 aliphatic carbocycles. The zero-order valence-corrected chi connectivity index (χ0v) is 10.3. The van der Waals surface area contributed by atoms with Crippen LogP contribution in [0.2, 0.25) is 0 Å². The Bertz CT molecular complexity index is 301. The van der Waals surface area contributed by atoms with Crippen LogP contribution in [0, 0.1) is 0 Å². The summed E-state index contributed by atoms with van der Waals surface area (Å²) in [4.78, 5) is 4.29. The molecular formula is C11H21N3O2. The van der Waals surface area contributed by atoms with Crippen LogP contribution >= 0.6 is 0 Å². The average Bonchev–Trinajstić information content (AvgIpc) is 2.75. The van der Waals surface area contributed by atoms with Crippen LogP contribution in [0.1, 0.15) is 63.4 Å². The molecule has 16 heavy (non-hydrogen) atoms. The molecule has 0 radical (unpaired) electrons. The van der Waals surface area contributed by atoms with Gasteiger partial charge in [-0.3, -0.25) is 0 Å². The molecule has 0 saturated carbocycles. The van der Waals surface area contributed by atoms with Gasteiger partial charge in [0.1, 0.15) is 6.10 Å². The Morgan fingerprint density at radius 3 is 2.56 bits per heavy atom. The minimum atomic E-state index is -0.162. The van der Waals surface area contributed by atoms with Gasteiger partial charge in [-0.15, -0.1) is 0 Å². The maximum Gasteiger partial charge on any atom is 0.243 e. The number of aromatic nitrogens is 2. The van der Waals surface area contributed by atoms with Crippen LogP contribution in [-0.4, -0.2) is 17.3 Å². The topological polar surface area (TPSA) is 74.2 Å². The van der Waals surface area contributed by atoms with Gasteiger partial charge in [-0.05, 0) is 12.8 Å². The third kappa shape index (κ3) is 3.28. The minimum Gasteiger partial charge on any atom is -0.373 e. The van der Waals surface area contributed by atoms with E-state index in [1.54, 1.807) is 7.11 Å². The lowest BCUT2D eigenvalue weighted by molar-refractivity contribution is 0.0854. The van der Waals surface area contributed by atoms with Crippen molar-refractivity contribution in [1.29, 1.82) is 0 Å². The molecule has 92 valence electrons. The van der Waals surface area contributed by atoms with Crippen molar-refractivity contribution < 1.29 is 9.26 Å². The van der Waals surface area contributed by atoms with E-state index in [1.165, 1.54) is 0 Å². The molecule has 2 unspecified atom stereocenters. The standard InChI is InChI=1S/C11H21N3O2/c1-4-6-8(12)11-13-10(14-16-11)9(15-3)7-5-2/h8-9H,4-7,12H2,1-3H3. The normalized spacial score (nSPS) is 15.0. The lowest BCUT2D eigenvalue weighted by Gasteiger charge is -2.08. The lowest BCUT2D eigenvalue weighted by Crippen LogP contribution is -2.10. The summed E-state index contributed by atoms with van der Waals surface area (Å²) in [6.07, 6.45) is 3.67. The molecule has 0 aliphatic heterocycles. The van der Waals surface area contributed by atoms with Crippen LogP contribution in [0.25, 0.3) is 0 Å². The Morgan fingerprint density at radius 1 is 1.31 bits per heavy atom. The molecule has 0 saturated heterocycles. The summed E-state index contributed by atoms with van der Waals surface area (Å²) in [5.41, 5.74) is 5.90. The van der Waals surface area contributed by atoms with E-state index in [1.807, 2.05) is 0 Å². The van der Waals surface area contributed by atoms with Gasteiger partial charge in [0.15, 0.2) is 0 Å². The fraction of sp³-hybridized carbons (Fsp3) is 0.818. The van der Waals surface area contributed by atoms with Crippen molar-refractivity contribution in [2.45, 2.75) is 51.7 Å². The van der Waals surface area contributed by atoms with E-state index in [-0.39, 0.29) is 12.1 Å². The third-order valence-corrected chi connectivity index (χ3v) is 2.50. The fourth-order valence-electron chi connectivity index (χ4n) is 1.58. The van der Waals surface area contributed by atoms with Crippen molar-refractivity contribution in [1.82, 2.24) is 10.1 Å². The van der Waals surface area contributed by atoms with Gasteiger partial charge in [0.05, 0.1) is 6.04 Å². The third-order valence-electron chi connectivity index (χ3n) is 2.50. The number of rotatable bonds is 7. The molecule has 0 aromatic carbocycles. The van der Waals surface area contributed by atoms with Crippen molar-refractivity contribution >= 4 is 0 Å². The Morgan fingerprint density at radius 2 is 2.00 bits per heavy atom. The maximum atomic E-state index is 5.90. The molecule has 0 fully saturated rings. The molecule has 2 N–H and O–H groups in total. The van der Waals surface area contributed by atoms with E-state index in [4.69, 9.17) is 15.0 Å². The van der Waals surface area contributed by atoms with E-state index in [0.717, 1.165) is 25.7 Å². The molecule has 0 bridgehead atoms. The summed E-state index contributed by atoms with van der Waals surface area (Å²) in [6.45, 7) is 4.17. The first-order valence-corrected chi connectivity index (χ1v) is 5.84. The molecule has 0 amide bonds. The molecule has 2 atom stereocenters. The second kappa shape index (κ2) is 6.60. The molecular weight excluding hydrogens is 206 g/mol. The molecule has 1 aromatic heterocycles. The molecule has 0 aliphatic rings. The summed E-state index contributed by atoms with van der Waals surface area (Å²) >= 11 is 0. The van der Waals surface area contributed by atoms with Crippen molar-refractivity contribution in [3.63, 3.8) is 0 Å². The number of methoxy groups -OCH3 is 1. The van der Waals surface area contributed by atoms with Gasteiger partial charge in [0, 0.05) is 7.11 Å². The fourth-order valence-corrected chi connectivity index (χ4v) is 1.58. The van der Waals surface area contributed by atoms with Gasteiger partial charge >= 0.3 is 0 Å². The smallest absolute Gasteiger partial charge is 0.243 e. The van der Waals surface area contributed by atoms with Gasteiger partial charge in [-0.2, -0.15) is 4.98 Å². The summed E-state index contributed by atoms with van der Waals surface area (Å²) in [5, 5.41) is 3.92. The van der Waals surface area contributed by atoms with E-state index >= 15 is 0 Å². The van der Waals surface area contributed by atoms with Gasteiger partial charge in [0.2, 0.25) is 11.7 Å². The van der Waals surface area contributed by atoms with Crippen molar-refractivity contribution in [2.75, 3.05) is 7.11 Å². The van der Waals surface area contributed by atoms with Gasteiger partial charge < -0.3 is 15.0 Å². The number of nitrogens with zero attached hydrogens (tertiary/aromatic N) is 2. The molecule has 0 spiro atoms. The van der Waals surface area contributed by atoms with Gasteiger partial charge in [-0.25, -0.2) is 0 Å². The molecule has 1 heterocycles. The highest BCUT2D eigenvalue weighted by molar-refractivity contribution is 4.95. The van der Waals surface area contributed by atoms with Crippen molar-refractivity contribution in [2.24, 2.45) is 5.73 Å². The molecule has 1 rings (SSSR count). The first-order chi connectivity index (χ1) is 7.72. The lowest BCUT2D eigenvalue weighted by atomic mass is 10.2. The highest BCUT2D eigenvalue weighted by Crippen LogP contribution is 2.21. The molecule has 5 nitrogen and oxygen atoms in total. The maximum absolute atomic E-state index is 5.90. The Hall–Kier alpha value is -0.940. The largest absolute Gasteiger partial charge is 0.373 e. The van der Waals surface area contributed by atoms with Crippen molar-refractivity contribution in [3.8, 4) is 0 Å². The summed E-state index contributed by atoms with van der Waals surface area (Å²) in [5.74, 6) is 1.11. The second-order valence-corrected chi connectivity index (χ2v) is 3.90. The molecule has 1 aromatic rings. The van der Waals surface area contributed by atoms with Crippen LogP contribution in [0.4, 0.5) is 0 Å². The quantitative estimate of drug-likeness (QED) is 0.774. The van der Waals surface area contributed by atoms with E-state index in [2.05, 4.69) is 24.0 Å². The Kier molecular flexibility index (Phi) is 5.42. The first-order valence-electron chi connectivity index (χ1n) is 5.84. The Balaban J connectivity index is 2.68. The zero-order chi connectivity index (χ0) is 12.0. The number of ether oxygens (including phenoxy) is 1. The van der Waals surface area contributed by atoms with Crippen LogP contribution in [-0.2, 0) is 4.74 Å². The summed E-state index contributed by atoms with van der Waals surface area (Å²) < 4.78 is 10.4. The highest BCUT2D eigenvalue weighted by Gasteiger charge is 2.19. The highest BCUT2D eigenvalue weighted by atomic mass is 16.5. The van der Waals surface area contributed by atoms with E-state index < -0.39 is 0 Å².